The molecule has 1 aromatic carbocycles. The van der Waals surface area contributed by atoms with Gasteiger partial charge in [0.05, 0.1) is 20.7 Å². The molecule has 0 aliphatic carbocycles. The molecule has 0 unspecified atom stereocenters. The smallest absolute Gasteiger partial charge is 0.368 e. The van der Waals surface area contributed by atoms with E-state index < -0.39 is 11.7 Å². The van der Waals surface area contributed by atoms with E-state index in [0.717, 1.165) is 29.3 Å². The molecule has 2 aromatic heterocycles. The Morgan fingerprint density at radius 3 is 2.39 bits per heavy atom. The van der Waals surface area contributed by atoms with Crippen molar-refractivity contribution in [3.8, 4) is 0 Å². The highest BCUT2D eigenvalue weighted by Crippen LogP contribution is 2.33. The minimum atomic E-state index is -4.45. The number of nitrogens with zero attached hydrogens (tertiary/aromatic N) is 3. The van der Waals surface area contributed by atoms with Crippen molar-refractivity contribution in [1.29, 1.82) is 0 Å². The van der Waals surface area contributed by atoms with Crippen LogP contribution in [0.3, 0.4) is 0 Å². The molecule has 1 saturated heterocycles. The molecule has 3 heterocycles. The summed E-state index contributed by atoms with van der Waals surface area (Å²) in [6.07, 6.45) is -3.65. The number of piperazine rings is 1. The molecule has 1 aliphatic rings. The van der Waals surface area contributed by atoms with E-state index in [1.807, 2.05) is 24.3 Å². The molecule has 1 aliphatic heterocycles. The number of alkyl halides is 3. The SMILES string of the molecule is O=C(c1cc2ncc(C(F)(F)F)cc2s1)N1CCN(c2ccc(Cl)cc2)CC1. The molecule has 1 fully saturated rings. The van der Waals surface area contributed by atoms with E-state index in [-0.39, 0.29) is 5.91 Å². The summed E-state index contributed by atoms with van der Waals surface area (Å²) in [6, 6.07) is 10.1. The van der Waals surface area contributed by atoms with E-state index in [4.69, 9.17) is 11.6 Å². The Hall–Kier alpha value is -2.32. The zero-order chi connectivity index (χ0) is 19.9. The Labute approximate surface area is 168 Å². The molecule has 0 saturated carbocycles. The number of pyridine rings is 1. The van der Waals surface area contributed by atoms with Gasteiger partial charge in [-0.1, -0.05) is 11.6 Å². The molecule has 0 N–H and O–H groups in total. The summed E-state index contributed by atoms with van der Waals surface area (Å²) in [6.45, 7) is 2.43. The molecule has 0 atom stereocenters. The summed E-state index contributed by atoms with van der Waals surface area (Å²) in [4.78, 5) is 20.9. The van der Waals surface area contributed by atoms with Crippen LogP contribution < -0.4 is 4.90 Å². The monoisotopic (exact) mass is 425 g/mol. The van der Waals surface area contributed by atoms with Crippen molar-refractivity contribution in [2.24, 2.45) is 0 Å². The molecular formula is C19H15ClF3N3OS. The first-order chi connectivity index (χ1) is 13.3. The third-order valence-electron chi connectivity index (χ3n) is 4.67. The number of carbonyl (C=O) groups excluding carboxylic acids is 1. The summed E-state index contributed by atoms with van der Waals surface area (Å²) in [5, 5.41) is 0.671. The summed E-state index contributed by atoms with van der Waals surface area (Å²) in [7, 11) is 0. The first-order valence-electron chi connectivity index (χ1n) is 8.58. The molecule has 1 amide bonds. The lowest BCUT2D eigenvalue weighted by atomic mass is 10.2. The number of halogens is 4. The first kappa shape index (κ1) is 19.0. The maximum atomic E-state index is 12.8. The summed E-state index contributed by atoms with van der Waals surface area (Å²) in [5.41, 5.74) is 0.640. The van der Waals surface area contributed by atoms with Crippen LogP contribution in [-0.2, 0) is 6.18 Å². The minimum absolute atomic E-state index is 0.174. The molecule has 0 bridgehead atoms. The van der Waals surface area contributed by atoms with Gasteiger partial charge in [0.25, 0.3) is 5.91 Å². The second kappa shape index (κ2) is 7.25. The highest BCUT2D eigenvalue weighted by molar-refractivity contribution is 7.20. The Morgan fingerprint density at radius 1 is 1.07 bits per heavy atom. The van der Waals surface area contributed by atoms with Gasteiger partial charge in [0.15, 0.2) is 0 Å². The van der Waals surface area contributed by atoms with Crippen LogP contribution in [0.2, 0.25) is 5.02 Å². The number of thiophene rings is 1. The molecule has 9 heteroatoms. The average Bonchev–Trinajstić information content (AvgIpc) is 3.11. The van der Waals surface area contributed by atoms with Crippen molar-refractivity contribution < 1.29 is 18.0 Å². The number of carbonyl (C=O) groups is 1. The van der Waals surface area contributed by atoms with Gasteiger partial charge < -0.3 is 9.80 Å². The fourth-order valence-corrected chi connectivity index (χ4v) is 4.31. The van der Waals surface area contributed by atoms with Crippen molar-refractivity contribution in [2.75, 3.05) is 31.1 Å². The zero-order valence-electron chi connectivity index (χ0n) is 14.5. The predicted octanol–water partition coefficient (Wildman–Crippen LogP) is 4.93. The third kappa shape index (κ3) is 3.79. The second-order valence-electron chi connectivity index (χ2n) is 6.47. The highest BCUT2D eigenvalue weighted by atomic mass is 35.5. The number of hydrogen-bond donors (Lipinski definition) is 0. The van der Waals surface area contributed by atoms with Crippen molar-refractivity contribution in [1.82, 2.24) is 9.88 Å². The lowest BCUT2D eigenvalue weighted by Crippen LogP contribution is -2.48. The Balaban J connectivity index is 1.47. The Kier molecular flexibility index (Phi) is 4.93. The van der Waals surface area contributed by atoms with Gasteiger partial charge in [-0.15, -0.1) is 11.3 Å². The van der Waals surface area contributed by atoms with Crippen molar-refractivity contribution >= 4 is 44.7 Å². The summed E-state index contributed by atoms with van der Waals surface area (Å²) >= 11 is 6.96. The van der Waals surface area contributed by atoms with E-state index >= 15 is 0 Å². The van der Waals surface area contributed by atoms with Gasteiger partial charge in [0, 0.05) is 43.1 Å². The molecule has 146 valence electrons. The van der Waals surface area contributed by atoms with Crippen LogP contribution in [0.1, 0.15) is 15.2 Å². The van der Waals surface area contributed by atoms with Gasteiger partial charge in [-0.3, -0.25) is 9.78 Å². The topological polar surface area (TPSA) is 36.4 Å². The minimum Gasteiger partial charge on any atom is -0.368 e. The van der Waals surface area contributed by atoms with E-state index in [2.05, 4.69) is 9.88 Å². The van der Waals surface area contributed by atoms with Crippen LogP contribution in [0.4, 0.5) is 18.9 Å². The lowest BCUT2D eigenvalue weighted by molar-refractivity contribution is -0.137. The van der Waals surface area contributed by atoms with Gasteiger partial charge in [-0.05, 0) is 36.4 Å². The standard InChI is InChI=1S/C19H15ClF3N3OS/c20-13-1-3-14(4-2-13)25-5-7-26(8-6-25)18(27)17-10-15-16(28-17)9-12(11-24-15)19(21,22)23/h1-4,9-11H,5-8H2. The van der Waals surface area contributed by atoms with Crippen LogP contribution in [0.5, 0.6) is 0 Å². The quantitative estimate of drug-likeness (QED) is 0.584. The second-order valence-corrected chi connectivity index (χ2v) is 7.99. The molecule has 4 rings (SSSR count). The number of hydrogen-bond acceptors (Lipinski definition) is 4. The van der Waals surface area contributed by atoms with E-state index in [1.165, 1.54) is 0 Å². The van der Waals surface area contributed by atoms with Gasteiger partial charge in [0.1, 0.15) is 0 Å². The van der Waals surface area contributed by atoms with Crippen molar-refractivity contribution in [2.45, 2.75) is 6.18 Å². The van der Waals surface area contributed by atoms with Gasteiger partial charge in [0.2, 0.25) is 0 Å². The number of benzene rings is 1. The Bertz CT molecular complexity index is 1010. The number of aromatic nitrogens is 1. The number of anilines is 1. The normalized spacial score (nSPS) is 15.3. The average molecular weight is 426 g/mol. The van der Waals surface area contributed by atoms with Crippen molar-refractivity contribution in [3.63, 3.8) is 0 Å². The highest BCUT2D eigenvalue weighted by Gasteiger charge is 2.31. The Morgan fingerprint density at radius 2 is 1.75 bits per heavy atom. The zero-order valence-corrected chi connectivity index (χ0v) is 16.1. The van der Waals surface area contributed by atoms with Crippen molar-refractivity contribution in [3.05, 3.63) is 58.1 Å². The maximum Gasteiger partial charge on any atom is 0.417 e. The van der Waals surface area contributed by atoms with Crippen LogP contribution in [-0.4, -0.2) is 42.0 Å². The molecule has 0 spiro atoms. The van der Waals surface area contributed by atoms with E-state index in [0.29, 0.717) is 46.3 Å². The first-order valence-corrected chi connectivity index (χ1v) is 9.77. The number of rotatable bonds is 2. The molecule has 4 nitrogen and oxygen atoms in total. The lowest BCUT2D eigenvalue weighted by Gasteiger charge is -2.36. The largest absolute Gasteiger partial charge is 0.417 e. The summed E-state index contributed by atoms with van der Waals surface area (Å²) in [5.74, 6) is -0.174. The van der Waals surface area contributed by atoms with Gasteiger partial charge in [-0.2, -0.15) is 13.2 Å². The van der Waals surface area contributed by atoms with Gasteiger partial charge in [-0.25, -0.2) is 0 Å². The number of fused-ring (bicyclic) bond motifs is 1. The third-order valence-corrected chi connectivity index (χ3v) is 5.98. The van der Waals surface area contributed by atoms with E-state index in [1.54, 1.807) is 11.0 Å². The molecule has 0 radical (unpaired) electrons. The van der Waals surface area contributed by atoms with Crippen LogP contribution in [0, 0.1) is 0 Å². The number of amides is 1. The predicted molar refractivity (Wildman–Crippen MR) is 104 cm³/mol. The van der Waals surface area contributed by atoms with Crippen LogP contribution in [0.25, 0.3) is 10.2 Å². The fourth-order valence-electron chi connectivity index (χ4n) is 3.15. The molecular weight excluding hydrogens is 411 g/mol. The van der Waals surface area contributed by atoms with Crippen LogP contribution >= 0.6 is 22.9 Å². The maximum absolute atomic E-state index is 12.8. The van der Waals surface area contributed by atoms with Crippen LogP contribution in [0.15, 0.2) is 42.6 Å². The molecule has 28 heavy (non-hydrogen) atoms. The summed E-state index contributed by atoms with van der Waals surface area (Å²) < 4.78 is 38.9. The van der Waals surface area contributed by atoms with E-state index in [9.17, 15) is 18.0 Å². The molecule has 3 aromatic rings. The fraction of sp³-hybridized carbons (Fsp3) is 0.263. The van der Waals surface area contributed by atoms with Gasteiger partial charge >= 0.3 is 6.18 Å².